The van der Waals surface area contributed by atoms with E-state index in [0.29, 0.717) is 95.9 Å². The standard InChI is InChI=1S/C41H45N11O4/c1-23-22-52(41(56)33-21-31-38(45-18-16-43-26(4)54)49-36(51-40(31)47-33)28-13-9-6-10-14-28)24(2)19-29(23)34(55)32-20-30-37(44-17-15-42-25(3)53)48-35(50-39(30)46-32)27-11-7-5-8-12-27/h5-14,20-21,23-24,29H,15-19,22H2,1-4H3,(H,42,53)(H,43,54)(H2,44,46,48,50)(H2,45,47,49,51)/t23-,24+,29?/m1/s1. The van der Waals surface area contributed by atoms with Crippen LogP contribution in [0.15, 0.2) is 72.8 Å². The summed E-state index contributed by atoms with van der Waals surface area (Å²) >= 11 is 0. The van der Waals surface area contributed by atoms with Crippen molar-refractivity contribution in [2.24, 2.45) is 11.8 Å². The van der Waals surface area contributed by atoms with Gasteiger partial charge < -0.3 is 36.1 Å². The SMILES string of the molecule is CC(=O)NCCNc1nc(-c2ccccc2)nc2[nH]c(C(=O)C3C[C@H](C)N(C(=O)c4cc5c(NCCNC(C)=O)nc(-c6ccccc6)nc5[nH]4)C[C@H]3C)cc12. The van der Waals surface area contributed by atoms with Crippen LogP contribution in [0, 0.1) is 11.8 Å². The number of hydrogen-bond donors (Lipinski definition) is 6. The summed E-state index contributed by atoms with van der Waals surface area (Å²) in [5, 5.41) is 13.5. The minimum Gasteiger partial charge on any atom is -0.368 e. The van der Waals surface area contributed by atoms with E-state index in [0.717, 1.165) is 11.1 Å². The number of nitrogens with zero attached hydrogens (tertiary/aromatic N) is 5. The van der Waals surface area contributed by atoms with Gasteiger partial charge in [-0.25, -0.2) is 19.9 Å². The maximum atomic E-state index is 14.2. The lowest BCUT2D eigenvalue weighted by Crippen LogP contribution is -2.50. The van der Waals surface area contributed by atoms with Crippen LogP contribution in [0.3, 0.4) is 0 Å². The highest BCUT2D eigenvalue weighted by Crippen LogP contribution is 2.34. The Hall–Kier alpha value is -6.64. The minimum atomic E-state index is -0.346. The molecule has 5 heterocycles. The predicted octanol–water partition coefficient (Wildman–Crippen LogP) is 5.03. The van der Waals surface area contributed by atoms with Crippen molar-refractivity contribution in [2.45, 2.75) is 40.2 Å². The zero-order valence-electron chi connectivity index (χ0n) is 31.8. The number of likely N-dealkylation sites (tertiary alicyclic amines) is 1. The van der Waals surface area contributed by atoms with E-state index in [4.69, 9.17) is 19.9 Å². The van der Waals surface area contributed by atoms with E-state index in [9.17, 15) is 19.2 Å². The third-order valence-corrected chi connectivity index (χ3v) is 10.0. The van der Waals surface area contributed by atoms with Gasteiger partial charge in [0.15, 0.2) is 17.4 Å². The van der Waals surface area contributed by atoms with Gasteiger partial charge in [0, 0.05) is 69.7 Å². The summed E-state index contributed by atoms with van der Waals surface area (Å²) in [5.41, 5.74) is 3.49. The Morgan fingerprint density at radius 2 is 1.16 bits per heavy atom. The zero-order chi connectivity index (χ0) is 39.3. The maximum absolute atomic E-state index is 14.2. The molecule has 0 aliphatic carbocycles. The lowest BCUT2D eigenvalue weighted by molar-refractivity contribution is -0.119. The number of carbonyl (C=O) groups is 4. The van der Waals surface area contributed by atoms with Crippen LogP contribution in [0.5, 0.6) is 0 Å². The molecule has 1 unspecified atom stereocenters. The van der Waals surface area contributed by atoms with Gasteiger partial charge in [0.25, 0.3) is 5.91 Å². The largest absolute Gasteiger partial charge is 0.368 e. The van der Waals surface area contributed by atoms with E-state index in [1.165, 1.54) is 13.8 Å². The van der Waals surface area contributed by atoms with Gasteiger partial charge in [0.2, 0.25) is 11.8 Å². The van der Waals surface area contributed by atoms with Crippen molar-refractivity contribution in [2.75, 3.05) is 43.4 Å². The van der Waals surface area contributed by atoms with Crippen molar-refractivity contribution in [1.82, 2.24) is 45.4 Å². The Bertz CT molecular complexity index is 2230. The molecule has 288 valence electrons. The quantitative estimate of drug-likeness (QED) is 0.0686. The number of carbonyl (C=O) groups excluding carboxylic acids is 4. The third-order valence-electron chi connectivity index (χ3n) is 10.0. The molecule has 0 bridgehead atoms. The van der Waals surface area contributed by atoms with Crippen LogP contribution in [-0.2, 0) is 9.59 Å². The van der Waals surface area contributed by atoms with Crippen molar-refractivity contribution in [3.05, 3.63) is 84.2 Å². The first-order valence-electron chi connectivity index (χ1n) is 18.8. The van der Waals surface area contributed by atoms with Gasteiger partial charge in [0.05, 0.1) is 16.5 Å². The molecule has 0 spiro atoms. The highest BCUT2D eigenvalue weighted by Gasteiger charge is 2.39. The second-order valence-corrected chi connectivity index (χ2v) is 14.2. The lowest BCUT2D eigenvalue weighted by atomic mass is 9.79. The van der Waals surface area contributed by atoms with Gasteiger partial charge in [-0.3, -0.25) is 19.2 Å². The van der Waals surface area contributed by atoms with Crippen molar-refractivity contribution < 1.29 is 19.2 Å². The topological polar surface area (TPSA) is 203 Å². The van der Waals surface area contributed by atoms with Gasteiger partial charge in [0.1, 0.15) is 28.6 Å². The first-order valence-corrected chi connectivity index (χ1v) is 18.8. The number of amides is 3. The number of H-pyrrole nitrogens is 2. The first kappa shape index (κ1) is 37.7. The number of nitrogens with one attached hydrogen (secondary N) is 6. The molecule has 3 amide bonds. The molecule has 15 nitrogen and oxygen atoms in total. The van der Waals surface area contributed by atoms with Gasteiger partial charge in [-0.15, -0.1) is 0 Å². The molecule has 1 saturated heterocycles. The summed E-state index contributed by atoms with van der Waals surface area (Å²) < 4.78 is 0. The summed E-state index contributed by atoms with van der Waals surface area (Å²) in [6.45, 7) is 8.95. The first-order chi connectivity index (χ1) is 27.0. The molecule has 6 aromatic rings. The van der Waals surface area contributed by atoms with Crippen molar-refractivity contribution in [3.8, 4) is 22.8 Å². The van der Waals surface area contributed by atoms with E-state index in [1.807, 2.05) is 79.4 Å². The van der Waals surface area contributed by atoms with Gasteiger partial charge in [-0.2, -0.15) is 0 Å². The average Bonchev–Trinajstić information content (AvgIpc) is 3.84. The maximum Gasteiger partial charge on any atom is 0.270 e. The van der Waals surface area contributed by atoms with Crippen LogP contribution in [0.2, 0.25) is 0 Å². The van der Waals surface area contributed by atoms with E-state index in [1.54, 1.807) is 12.1 Å². The summed E-state index contributed by atoms with van der Waals surface area (Å²) in [6.07, 6.45) is 0.470. The van der Waals surface area contributed by atoms with Crippen LogP contribution in [0.25, 0.3) is 44.8 Å². The Morgan fingerprint density at radius 1 is 0.679 bits per heavy atom. The number of ketones is 1. The molecule has 7 rings (SSSR count). The van der Waals surface area contributed by atoms with Gasteiger partial charge in [-0.05, 0) is 31.4 Å². The number of rotatable bonds is 13. The molecule has 0 radical (unpaired) electrons. The molecule has 56 heavy (non-hydrogen) atoms. The fraction of sp³-hybridized carbons (Fsp3) is 0.317. The van der Waals surface area contributed by atoms with Crippen molar-refractivity contribution in [1.29, 1.82) is 0 Å². The second-order valence-electron chi connectivity index (χ2n) is 14.2. The summed E-state index contributed by atoms with van der Waals surface area (Å²) in [5.74, 6) is 1.12. The van der Waals surface area contributed by atoms with Crippen molar-refractivity contribution in [3.63, 3.8) is 0 Å². The second kappa shape index (κ2) is 16.4. The number of aromatic nitrogens is 6. The molecule has 1 fully saturated rings. The summed E-state index contributed by atoms with van der Waals surface area (Å²) in [6, 6.07) is 22.5. The van der Waals surface area contributed by atoms with Crippen LogP contribution in [0.4, 0.5) is 11.6 Å². The van der Waals surface area contributed by atoms with Crippen LogP contribution >= 0.6 is 0 Å². The molecule has 2 aromatic carbocycles. The van der Waals surface area contributed by atoms with Crippen LogP contribution < -0.4 is 21.3 Å². The fourth-order valence-corrected chi connectivity index (χ4v) is 7.16. The molecule has 1 aliphatic heterocycles. The number of piperidine rings is 1. The molecular weight excluding hydrogens is 711 g/mol. The molecule has 6 N–H and O–H groups in total. The number of aromatic amines is 2. The number of anilines is 2. The number of hydrogen-bond acceptors (Lipinski definition) is 10. The Morgan fingerprint density at radius 3 is 1.66 bits per heavy atom. The summed E-state index contributed by atoms with van der Waals surface area (Å²) in [4.78, 5) is 78.7. The van der Waals surface area contributed by atoms with E-state index in [-0.39, 0.29) is 41.4 Å². The highest BCUT2D eigenvalue weighted by molar-refractivity contribution is 6.03. The average molecular weight is 756 g/mol. The Labute approximate surface area is 323 Å². The Kier molecular flexibility index (Phi) is 11.0. The number of benzene rings is 2. The molecular formula is C41H45N11O4. The van der Waals surface area contributed by atoms with Gasteiger partial charge in [-0.1, -0.05) is 67.6 Å². The van der Waals surface area contributed by atoms with E-state index < -0.39 is 0 Å². The number of fused-ring (bicyclic) bond motifs is 2. The normalized spacial score (nSPS) is 16.8. The van der Waals surface area contributed by atoms with Crippen molar-refractivity contribution >= 4 is 57.2 Å². The van der Waals surface area contributed by atoms with Crippen LogP contribution in [0.1, 0.15) is 55.1 Å². The van der Waals surface area contributed by atoms with Crippen LogP contribution in [-0.4, -0.2) is 97.1 Å². The molecule has 1 aliphatic rings. The highest BCUT2D eigenvalue weighted by atomic mass is 16.2. The third kappa shape index (κ3) is 8.21. The minimum absolute atomic E-state index is 0.0517. The Balaban J connectivity index is 1.11. The monoisotopic (exact) mass is 755 g/mol. The molecule has 3 atom stereocenters. The summed E-state index contributed by atoms with van der Waals surface area (Å²) in [7, 11) is 0. The molecule has 4 aromatic heterocycles. The van der Waals surface area contributed by atoms with E-state index in [2.05, 4.69) is 31.2 Å². The number of Topliss-reactive ketones (excluding diaryl/α,β-unsaturated/α-hetero) is 1. The smallest absolute Gasteiger partial charge is 0.270 e. The molecule has 15 heteroatoms. The predicted molar refractivity (Wildman–Crippen MR) is 215 cm³/mol. The van der Waals surface area contributed by atoms with E-state index >= 15 is 0 Å². The fourth-order valence-electron chi connectivity index (χ4n) is 7.16. The zero-order valence-corrected chi connectivity index (χ0v) is 31.8. The van der Waals surface area contributed by atoms with Gasteiger partial charge >= 0.3 is 0 Å². The molecule has 0 saturated carbocycles. The lowest BCUT2D eigenvalue weighted by Gasteiger charge is -2.40.